The Labute approximate surface area is 177 Å². The number of hydrogen-bond acceptors (Lipinski definition) is 5. The van der Waals surface area contributed by atoms with Gasteiger partial charge in [0.2, 0.25) is 0 Å². The van der Waals surface area contributed by atoms with Crippen LogP contribution in [-0.2, 0) is 16.1 Å². The van der Waals surface area contributed by atoms with Crippen molar-refractivity contribution in [2.45, 2.75) is 33.0 Å². The van der Waals surface area contributed by atoms with E-state index in [-0.39, 0.29) is 6.61 Å². The van der Waals surface area contributed by atoms with Gasteiger partial charge in [-0.2, -0.15) is 0 Å². The Hall–Kier alpha value is -1.95. The number of carbonyl (C=O) groups excluding carboxylic acids is 1. The van der Waals surface area contributed by atoms with E-state index in [1.165, 1.54) is 11.3 Å². The van der Waals surface area contributed by atoms with Crippen molar-refractivity contribution in [1.82, 2.24) is 0 Å². The van der Waals surface area contributed by atoms with Gasteiger partial charge in [0.1, 0.15) is 23.7 Å². The number of carbonyl (C=O) groups is 1. The first-order valence-corrected chi connectivity index (χ1v) is 10.3. The van der Waals surface area contributed by atoms with Gasteiger partial charge in [0, 0.05) is 31.1 Å². The van der Waals surface area contributed by atoms with Crippen molar-refractivity contribution in [3.8, 4) is 11.5 Å². The quantitative estimate of drug-likeness (QED) is 0.411. The molecule has 0 radical (unpaired) electrons. The molecule has 7 heteroatoms. The highest BCUT2D eigenvalue weighted by molar-refractivity contribution is 7.17. The van der Waals surface area contributed by atoms with Gasteiger partial charge in [-0.3, -0.25) is 0 Å². The zero-order valence-electron chi connectivity index (χ0n) is 15.8. The van der Waals surface area contributed by atoms with E-state index in [9.17, 15) is 4.79 Å². The first-order valence-electron chi connectivity index (χ1n) is 8.64. The Morgan fingerprint density at radius 3 is 2.57 bits per heavy atom. The summed E-state index contributed by atoms with van der Waals surface area (Å²) in [5, 5.41) is 3.95. The molecule has 1 aromatic heterocycles. The molecule has 0 amide bonds. The molecule has 0 bridgehead atoms. The maximum Gasteiger partial charge on any atom is 0.344 e. The van der Waals surface area contributed by atoms with E-state index < -0.39 is 11.6 Å². The van der Waals surface area contributed by atoms with E-state index >= 15 is 0 Å². The third-order valence-electron chi connectivity index (χ3n) is 3.69. The SMILES string of the molecule is CC(C)(C)OC(=O)COc1csc2cc(OCc3ccc(Cl)cc3Cl)ccc12. The predicted octanol–water partition coefficient (Wildman–Crippen LogP) is 6.51. The fourth-order valence-corrected chi connectivity index (χ4v) is 3.87. The summed E-state index contributed by atoms with van der Waals surface area (Å²) in [6, 6.07) is 11.0. The van der Waals surface area contributed by atoms with Crippen molar-refractivity contribution in [2.75, 3.05) is 6.61 Å². The maximum absolute atomic E-state index is 11.8. The van der Waals surface area contributed by atoms with Crippen molar-refractivity contribution in [3.05, 3.63) is 57.4 Å². The molecule has 0 atom stereocenters. The van der Waals surface area contributed by atoms with Crippen LogP contribution in [0.25, 0.3) is 10.1 Å². The lowest BCUT2D eigenvalue weighted by atomic mass is 10.2. The molecule has 28 heavy (non-hydrogen) atoms. The Kier molecular flexibility index (Phi) is 6.38. The van der Waals surface area contributed by atoms with Gasteiger partial charge in [0.05, 0.1) is 0 Å². The standard InChI is InChI=1S/C21H20Cl2O4S/c1-21(2,3)27-20(24)11-26-18-12-28-19-9-15(6-7-16(18)19)25-10-13-4-5-14(22)8-17(13)23/h4-9,12H,10-11H2,1-3H3. The topological polar surface area (TPSA) is 44.8 Å². The molecule has 0 saturated carbocycles. The second kappa shape index (κ2) is 8.60. The molecule has 0 unspecified atom stereocenters. The van der Waals surface area contributed by atoms with Crippen LogP contribution in [0.4, 0.5) is 0 Å². The van der Waals surface area contributed by atoms with Gasteiger partial charge in [-0.25, -0.2) is 4.79 Å². The molecule has 0 fully saturated rings. The van der Waals surface area contributed by atoms with Crippen LogP contribution in [0.5, 0.6) is 11.5 Å². The lowest BCUT2D eigenvalue weighted by Gasteiger charge is -2.19. The first-order chi connectivity index (χ1) is 13.2. The van der Waals surface area contributed by atoms with E-state index in [1.54, 1.807) is 12.1 Å². The first kappa shape index (κ1) is 20.8. The smallest absolute Gasteiger partial charge is 0.344 e. The van der Waals surface area contributed by atoms with Crippen molar-refractivity contribution >= 4 is 50.6 Å². The highest BCUT2D eigenvalue weighted by atomic mass is 35.5. The summed E-state index contributed by atoms with van der Waals surface area (Å²) in [7, 11) is 0. The second-order valence-corrected chi connectivity index (χ2v) is 8.91. The van der Waals surface area contributed by atoms with Gasteiger partial charge >= 0.3 is 5.97 Å². The van der Waals surface area contributed by atoms with Gasteiger partial charge in [0.25, 0.3) is 0 Å². The molecule has 0 aliphatic rings. The molecule has 0 N–H and O–H groups in total. The highest BCUT2D eigenvalue weighted by Gasteiger charge is 2.17. The van der Waals surface area contributed by atoms with Gasteiger partial charge in [-0.15, -0.1) is 11.3 Å². The molecule has 0 saturated heterocycles. The number of fused-ring (bicyclic) bond motifs is 1. The van der Waals surface area contributed by atoms with Gasteiger partial charge < -0.3 is 14.2 Å². The Bertz CT molecular complexity index is 992. The summed E-state index contributed by atoms with van der Waals surface area (Å²) < 4.78 is 17.7. The lowest BCUT2D eigenvalue weighted by Crippen LogP contribution is -2.27. The van der Waals surface area contributed by atoms with Gasteiger partial charge in [-0.05, 0) is 51.1 Å². The zero-order valence-corrected chi connectivity index (χ0v) is 18.1. The Morgan fingerprint density at radius 2 is 1.86 bits per heavy atom. The third-order valence-corrected chi connectivity index (χ3v) is 5.20. The normalized spacial score (nSPS) is 11.5. The van der Waals surface area contributed by atoms with E-state index in [1.807, 2.05) is 50.4 Å². The van der Waals surface area contributed by atoms with Crippen LogP contribution >= 0.6 is 34.5 Å². The lowest BCUT2D eigenvalue weighted by molar-refractivity contribution is -0.157. The van der Waals surface area contributed by atoms with Crippen molar-refractivity contribution in [3.63, 3.8) is 0 Å². The van der Waals surface area contributed by atoms with Gasteiger partial charge in [0.15, 0.2) is 6.61 Å². The summed E-state index contributed by atoms with van der Waals surface area (Å²) in [5.41, 5.74) is 0.329. The minimum atomic E-state index is -0.531. The maximum atomic E-state index is 11.8. The monoisotopic (exact) mass is 438 g/mol. The molecule has 0 spiro atoms. The van der Waals surface area contributed by atoms with E-state index in [0.29, 0.717) is 22.4 Å². The summed E-state index contributed by atoms with van der Waals surface area (Å²) in [4.78, 5) is 11.8. The van der Waals surface area contributed by atoms with Crippen LogP contribution < -0.4 is 9.47 Å². The van der Waals surface area contributed by atoms with Gasteiger partial charge in [-0.1, -0.05) is 29.3 Å². The molecular formula is C21H20Cl2O4S. The molecule has 1 heterocycles. The van der Waals surface area contributed by atoms with Crippen molar-refractivity contribution < 1.29 is 19.0 Å². The minimum Gasteiger partial charge on any atom is -0.489 e. The average Bonchev–Trinajstić information content (AvgIpc) is 3.00. The summed E-state index contributed by atoms with van der Waals surface area (Å²) in [6.45, 7) is 5.68. The fraction of sp³-hybridized carbons (Fsp3) is 0.286. The number of hydrogen-bond donors (Lipinski definition) is 0. The van der Waals surface area contributed by atoms with Crippen LogP contribution in [0.1, 0.15) is 26.3 Å². The summed E-state index contributed by atoms with van der Waals surface area (Å²) >= 11 is 13.6. The second-order valence-electron chi connectivity index (χ2n) is 7.16. The third kappa shape index (κ3) is 5.53. The van der Waals surface area contributed by atoms with Crippen LogP contribution in [0.15, 0.2) is 41.8 Å². The molecule has 0 aliphatic heterocycles. The summed E-state index contributed by atoms with van der Waals surface area (Å²) in [6.07, 6.45) is 0. The number of ether oxygens (including phenoxy) is 3. The molecule has 2 aromatic carbocycles. The Balaban J connectivity index is 1.64. The molecule has 4 nitrogen and oxygen atoms in total. The highest BCUT2D eigenvalue weighted by Crippen LogP contribution is 2.35. The van der Waals surface area contributed by atoms with Crippen LogP contribution in [0, 0.1) is 0 Å². The van der Waals surface area contributed by atoms with Crippen molar-refractivity contribution in [1.29, 1.82) is 0 Å². The van der Waals surface area contributed by atoms with Crippen LogP contribution in [-0.4, -0.2) is 18.2 Å². The largest absolute Gasteiger partial charge is 0.489 e. The number of benzene rings is 2. The molecule has 0 aliphatic carbocycles. The number of rotatable bonds is 6. The van der Waals surface area contributed by atoms with E-state index in [2.05, 4.69) is 0 Å². The average molecular weight is 439 g/mol. The van der Waals surface area contributed by atoms with Crippen molar-refractivity contribution in [2.24, 2.45) is 0 Å². The molecule has 148 valence electrons. The fourth-order valence-electron chi connectivity index (χ4n) is 2.49. The van der Waals surface area contributed by atoms with E-state index in [4.69, 9.17) is 37.4 Å². The minimum absolute atomic E-state index is 0.129. The van der Waals surface area contributed by atoms with E-state index in [0.717, 1.165) is 21.4 Å². The molecular weight excluding hydrogens is 419 g/mol. The Morgan fingerprint density at radius 1 is 1.07 bits per heavy atom. The summed E-state index contributed by atoms with van der Waals surface area (Å²) in [5.74, 6) is 0.976. The number of halogens is 2. The molecule has 3 rings (SSSR count). The van der Waals surface area contributed by atoms with Crippen LogP contribution in [0.2, 0.25) is 10.0 Å². The predicted molar refractivity (Wildman–Crippen MR) is 114 cm³/mol. The van der Waals surface area contributed by atoms with Crippen LogP contribution in [0.3, 0.4) is 0 Å². The number of thiophene rings is 1. The molecule has 3 aromatic rings. The number of esters is 1. The zero-order chi connectivity index (χ0) is 20.3.